The van der Waals surface area contributed by atoms with Crippen LogP contribution in [0.3, 0.4) is 0 Å². The second kappa shape index (κ2) is 8.65. The Bertz CT molecular complexity index is 1180. The van der Waals surface area contributed by atoms with E-state index in [1.165, 1.54) is 12.8 Å². The molecule has 2 amide bonds. The highest BCUT2D eigenvalue weighted by Crippen LogP contribution is 2.39. The van der Waals surface area contributed by atoms with Gasteiger partial charge in [0, 0.05) is 31.0 Å². The maximum atomic E-state index is 13.0. The van der Waals surface area contributed by atoms with Crippen LogP contribution in [0.25, 0.3) is 11.3 Å². The van der Waals surface area contributed by atoms with Gasteiger partial charge in [0.25, 0.3) is 0 Å². The summed E-state index contributed by atoms with van der Waals surface area (Å²) in [5.74, 6) is 1.99. The molecule has 0 bridgehead atoms. The lowest BCUT2D eigenvalue weighted by Gasteiger charge is -2.45. The molecule has 0 saturated heterocycles. The first-order valence-corrected chi connectivity index (χ1v) is 11.4. The number of hydrogen-bond acceptors (Lipinski definition) is 7. The van der Waals surface area contributed by atoms with Crippen LogP contribution in [0.1, 0.15) is 38.4 Å². The molecule has 1 saturated carbocycles. The molecule has 1 fully saturated rings. The Balaban J connectivity index is 1.48. The lowest BCUT2D eigenvalue weighted by Crippen LogP contribution is -2.59. The molecule has 1 aliphatic carbocycles. The Morgan fingerprint density at radius 1 is 1.12 bits per heavy atom. The van der Waals surface area contributed by atoms with Crippen molar-refractivity contribution in [3.05, 3.63) is 48.5 Å². The zero-order valence-electron chi connectivity index (χ0n) is 19.2. The van der Waals surface area contributed by atoms with Crippen LogP contribution >= 0.6 is 0 Å². The number of carbonyl (C=O) groups is 1. The maximum absolute atomic E-state index is 13.0. The fourth-order valence-electron chi connectivity index (χ4n) is 4.62. The lowest BCUT2D eigenvalue weighted by atomic mass is 10.1. The Morgan fingerprint density at radius 3 is 2.70 bits per heavy atom. The minimum Gasteiger partial charge on any atom is -0.324 e. The number of rotatable bonds is 5. The molecular formula is C24H28N8O. The molecule has 0 atom stereocenters. The summed E-state index contributed by atoms with van der Waals surface area (Å²) in [4.78, 5) is 32.7. The fraction of sp³-hybridized carbons (Fsp3) is 0.375. The fourth-order valence-corrected chi connectivity index (χ4v) is 4.62. The Morgan fingerprint density at radius 2 is 1.94 bits per heavy atom. The van der Waals surface area contributed by atoms with Gasteiger partial charge in [-0.2, -0.15) is 4.98 Å². The predicted molar refractivity (Wildman–Crippen MR) is 128 cm³/mol. The van der Waals surface area contributed by atoms with Crippen LogP contribution in [-0.4, -0.2) is 50.6 Å². The summed E-state index contributed by atoms with van der Waals surface area (Å²) in [6.45, 7) is 4.47. The van der Waals surface area contributed by atoms with Crippen LogP contribution in [0.15, 0.2) is 42.7 Å². The molecule has 9 heteroatoms. The van der Waals surface area contributed by atoms with Crippen LogP contribution < -0.4 is 15.2 Å². The van der Waals surface area contributed by atoms with Gasteiger partial charge < -0.3 is 5.32 Å². The van der Waals surface area contributed by atoms with Gasteiger partial charge in [0.15, 0.2) is 5.82 Å². The second-order valence-electron chi connectivity index (χ2n) is 8.44. The van der Waals surface area contributed by atoms with E-state index in [0.717, 1.165) is 47.1 Å². The minimum absolute atomic E-state index is 0.0472. The third kappa shape index (κ3) is 3.94. The molecule has 9 nitrogen and oxygen atoms in total. The van der Waals surface area contributed by atoms with Gasteiger partial charge in [-0.05, 0) is 44.9 Å². The van der Waals surface area contributed by atoms with E-state index in [1.807, 2.05) is 44.2 Å². The van der Waals surface area contributed by atoms with Gasteiger partial charge in [0.1, 0.15) is 11.5 Å². The van der Waals surface area contributed by atoms with Gasteiger partial charge >= 0.3 is 6.03 Å². The van der Waals surface area contributed by atoms with E-state index in [-0.39, 0.29) is 12.1 Å². The first-order chi connectivity index (χ1) is 16.0. The monoisotopic (exact) mass is 444 g/mol. The normalized spacial score (nSPS) is 16.3. The molecular weight excluding hydrogens is 416 g/mol. The third-order valence-electron chi connectivity index (χ3n) is 6.26. The number of hydrazine groups is 1. The minimum atomic E-state index is -0.0472. The van der Waals surface area contributed by atoms with Crippen molar-refractivity contribution in [2.45, 2.75) is 45.6 Å². The molecule has 3 heterocycles. The summed E-state index contributed by atoms with van der Waals surface area (Å²) in [7, 11) is 1.78. The molecule has 0 spiro atoms. The predicted octanol–water partition coefficient (Wildman–Crippen LogP) is 4.54. The zero-order chi connectivity index (χ0) is 22.9. The zero-order valence-corrected chi connectivity index (χ0v) is 19.2. The van der Waals surface area contributed by atoms with E-state index < -0.39 is 0 Å². The van der Waals surface area contributed by atoms with Crippen LogP contribution in [0.4, 0.5) is 27.9 Å². The SMILES string of the molecule is CCN1C(=O)N(C)c2cnc(Nc3cccc(-c4ccnc(C)n4)c3)nc2N1C1CCCC1. The Hall–Kier alpha value is -3.75. The number of nitrogens with zero attached hydrogens (tertiary/aromatic N) is 7. The van der Waals surface area contributed by atoms with Crippen molar-refractivity contribution in [1.82, 2.24) is 24.9 Å². The van der Waals surface area contributed by atoms with Crippen molar-refractivity contribution in [1.29, 1.82) is 0 Å². The average molecular weight is 445 g/mol. The quantitative estimate of drug-likeness (QED) is 0.618. The van der Waals surface area contributed by atoms with E-state index in [4.69, 9.17) is 4.98 Å². The van der Waals surface area contributed by atoms with Crippen LogP contribution in [0.2, 0.25) is 0 Å². The molecule has 33 heavy (non-hydrogen) atoms. The summed E-state index contributed by atoms with van der Waals surface area (Å²) < 4.78 is 0. The van der Waals surface area contributed by atoms with Gasteiger partial charge in [0.2, 0.25) is 5.95 Å². The number of urea groups is 1. The number of nitrogens with one attached hydrogen (secondary N) is 1. The molecule has 1 N–H and O–H groups in total. The number of benzene rings is 1. The number of aryl methyl sites for hydroxylation is 1. The van der Waals surface area contributed by atoms with Gasteiger partial charge in [-0.15, -0.1) is 0 Å². The Labute approximate surface area is 193 Å². The summed E-state index contributed by atoms with van der Waals surface area (Å²) in [6.07, 6.45) is 7.95. The molecule has 2 aromatic heterocycles. The van der Waals surface area contributed by atoms with Crippen LogP contribution in [0.5, 0.6) is 0 Å². The van der Waals surface area contributed by atoms with Crippen LogP contribution in [-0.2, 0) is 0 Å². The summed E-state index contributed by atoms with van der Waals surface area (Å²) in [5.41, 5.74) is 3.44. The molecule has 2 aliphatic rings. The van der Waals surface area contributed by atoms with Gasteiger partial charge in [0.05, 0.1) is 17.9 Å². The second-order valence-corrected chi connectivity index (χ2v) is 8.44. The van der Waals surface area contributed by atoms with Crippen molar-refractivity contribution in [2.24, 2.45) is 0 Å². The number of anilines is 4. The maximum Gasteiger partial charge on any atom is 0.343 e. The molecule has 5 rings (SSSR count). The summed E-state index contributed by atoms with van der Waals surface area (Å²) in [6, 6.07) is 10.1. The molecule has 0 radical (unpaired) electrons. The topological polar surface area (TPSA) is 90.4 Å². The van der Waals surface area contributed by atoms with Gasteiger partial charge in [-0.25, -0.2) is 24.8 Å². The van der Waals surface area contributed by atoms with E-state index in [1.54, 1.807) is 29.4 Å². The highest BCUT2D eigenvalue weighted by atomic mass is 16.2. The van der Waals surface area contributed by atoms with Crippen molar-refractivity contribution >= 4 is 29.2 Å². The largest absolute Gasteiger partial charge is 0.343 e. The molecule has 170 valence electrons. The van der Waals surface area contributed by atoms with E-state index in [2.05, 4.69) is 25.3 Å². The van der Waals surface area contributed by atoms with Crippen LogP contribution in [0, 0.1) is 6.92 Å². The number of aromatic nitrogens is 4. The van der Waals surface area contributed by atoms with Crippen molar-refractivity contribution in [3.63, 3.8) is 0 Å². The van der Waals surface area contributed by atoms with Gasteiger partial charge in [-0.1, -0.05) is 25.0 Å². The van der Waals surface area contributed by atoms with Crippen molar-refractivity contribution < 1.29 is 4.79 Å². The average Bonchev–Trinajstić information content (AvgIpc) is 3.36. The highest BCUT2D eigenvalue weighted by Gasteiger charge is 2.39. The van der Waals surface area contributed by atoms with Gasteiger partial charge in [-0.3, -0.25) is 9.91 Å². The first kappa shape index (κ1) is 21.1. The number of fused-ring (bicyclic) bond motifs is 1. The molecule has 3 aromatic rings. The number of amides is 2. The van der Waals surface area contributed by atoms with E-state index in [0.29, 0.717) is 12.5 Å². The lowest BCUT2D eigenvalue weighted by molar-refractivity contribution is 0.191. The number of hydrogen-bond donors (Lipinski definition) is 1. The van der Waals surface area contributed by atoms with Crippen molar-refractivity contribution in [2.75, 3.05) is 28.8 Å². The molecule has 0 unspecified atom stereocenters. The Kier molecular flexibility index (Phi) is 5.53. The molecule has 1 aromatic carbocycles. The third-order valence-corrected chi connectivity index (χ3v) is 6.26. The standard InChI is InChI=1S/C24H28N8O/c1-4-31-24(33)30(3)21-15-26-23(29-22(21)32(31)19-10-5-6-11-19)28-18-9-7-8-17(14-18)20-12-13-25-16(2)27-20/h7-9,12-15,19H,4-6,10-11H2,1-3H3,(H,26,28,29). The number of carbonyl (C=O) groups excluding carboxylic acids is 1. The highest BCUT2D eigenvalue weighted by molar-refractivity contribution is 5.98. The first-order valence-electron chi connectivity index (χ1n) is 11.4. The molecule has 1 aliphatic heterocycles. The van der Waals surface area contributed by atoms with E-state index >= 15 is 0 Å². The summed E-state index contributed by atoms with van der Waals surface area (Å²) >= 11 is 0. The summed E-state index contributed by atoms with van der Waals surface area (Å²) in [5, 5.41) is 7.23. The smallest absolute Gasteiger partial charge is 0.324 e. The van der Waals surface area contributed by atoms with Crippen molar-refractivity contribution in [3.8, 4) is 11.3 Å². The van der Waals surface area contributed by atoms with E-state index in [9.17, 15) is 4.79 Å².